The first-order chi connectivity index (χ1) is 13.0. The first-order valence-electron chi connectivity index (χ1n) is 8.69. The highest BCUT2D eigenvalue weighted by Crippen LogP contribution is 2.17. The number of carbonyl (C=O) groups is 1. The van der Waals surface area contributed by atoms with Crippen molar-refractivity contribution in [3.63, 3.8) is 0 Å². The Morgan fingerprint density at radius 3 is 2.59 bits per heavy atom. The van der Waals surface area contributed by atoms with E-state index in [4.69, 9.17) is 4.74 Å². The van der Waals surface area contributed by atoms with Crippen LogP contribution in [-0.4, -0.2) is 58.9 Å². The number of methoxy groups -OCH3 is 1. The van der Waals surface area contributed by atoms with Crippen LogP contribution in [0.15, 0.2) is 45.8 Å². The summed E-state index contributed by atoms with van der Waals surface area (Å²) in [6.45, 7) is 3.31. The Balaban J connectivity index is 1.67. The van der Waals surface area contributed by atoms with Crippen molar-refractivity contribution in [2.45, 2.75) is 13.1 Å². The maximum absolute atomic E-state index is 12.5. The van der Waals surface area contributed by atoms with Crippen molar-refractivity contribution >= 4 is 22.0 Å². The third-order valence-electron chi connectivity index (χ3n) is 4.66. The zero-order valence-electron chi connectivity index (χ0n) is 15.1. The zero-order valence-corrected chi connectivity index (χ0v) is 16.7. The van der Waals surface area contributed by atoms with Gasteiger partial charge in [-0.05, 0) is 23.8 Å². The van der Waals surface area contributed by atoms with Gasteiger partial charge in [0, 0.05) is 49.0 Å². The summed E-state index contributed by atoms with van der Waals surface area (Å²) >= 11 is 3.42. The number of ether oxygens (including phenoxy) is 1. The number of piperazine rings is 1. The van der Waals surface area contributed by atoms with E-state index in [0.29, 0.717) is 44.8 Å². The number of hydrogen-bond acceptors (Lipinski definition) is 5. The second-order valence-corrected chi connectivity index (χ2v) is 7.40. The summed E-state index contributed by atoms with van der Waals surface area (Å²) in [5.74, 6) is -0.220. The van der Waals surface area contributed by atoms with Crippen LogP contribution in [0, 0.1) is 0 Å². The first-order valence-corrected chi connectivity index (χ1v) is 9.48. The third kappa shape index (κ3) is 4.70. The lowest BCUT2D eigenvalue weighted by atomic mass is 10.2. The summed E-state index contributed by atoms with van der Waals surface area (Å²) < 4.78 is 7.17. The van der Waals surface area contributed by atoms with Crippen molar-refractivity contribution in [2.24, 2.45) is 0 Å². The lowest BCUT2D eigenvalue weighted by Gasteiger charge is -2.33. The van der Waals surface area contributed by atoms with Crippen LogP contribution in [0.4, 0.5) is 4.79 Å². The molecule has 144 valence electrons. The maximum Gasteiger partial charge on any atom is 0.409 e. The van der Waals surface area contributed by atoms with Crippen molar-refractivity contribution in [3.05, 3.63) is 62.5 Å². The minimum atomic E-state index is -0.402. The smallest absolute Gasteiger partial charge is 0.409 e. The van der Waals surface area contributed by atoms with Crippen LogP contribution in [0.2, 0.25) is 0 Å². The SMILES string of the molecule is COC(=O)N1CCN(Cc2ccn(Cc3cccc(Br)c3)c(=O)c2O)CC1. The third-order valence-corrected chi connectivity index (χ3v) is 5.16. The van der Waals surface area contributed by atoms with E-state index in [1.807, 2.05) is 24.3 Å². The maximum atomic E-state index is 12.5. The molecule has 2 heterocycles. The lowest BCUT2D eigenvalue weighted by molar-refractivity contribution is 0.0885. The van der Waals surface area contributed by atoms with Gasteiger partial charge < -0.3 is 19.3 Å². The highest BCUT2D eigenvalue weighted by Gasteiger charge is 2.22. The summed E-state index contributed by atoms with van der Waals surface area (Å²) in [5.41, 5.74) is 1.16. The standard InChI is InChI=1S/C19H22BrN3O4/c1-27-19(26)22-9-7-21(8-10-22)13-15-5-6-23(18(25)17(15)24)12-14-3-2-4-16(20)11-14/h2-6,11,24H,7-10,12-13H2,1H3. The molecule has 0 atom stereocenters. The molecule has 0 spiro atoms. The minimum Gasteiger partial charge on any atom is -0.503 e. The molecule has 0 saturated carbocycles. The fourth-order valence-electron chi connectivity index (χ4n) is 3.14. The number of amides is 1. The van der Waals surface area contributed by atoms with Crippen LogP contribution < -0.4 is 5.56 Å². The van der Waals surface area contributed by atoms with Gasteiger partial charge in [-0.1, -0.05) is 28.1 Å². The van der Waals surface area contributed by atoms with E-state index in [9.17, 15) is 14.7 Å². The quantitative estimate of drug-likeness (QED) is 0.796. The molecule has 27 heavy (non-hydrogen) atoms. The molecule has 3 rings (SSSR count). The Morgan fingerprint density at radius 1 is 1.19 bits per heavy atom. The average Bonchev–Trinajstić information content (AvgIpc) is 2.68. The van der Waals surface area contributed by atoms with Crippen LogP contribution in [0.3, 0.4) is 0 Å². The van der Waals surface area contributed by atoms with E-state index in [1.54, 1.807) is 17.2 Å². The topological polar surface area (TPSA) is 75.0 Å². The molecule has 1 aromatic heterocycles. The summed E-state index contributed by atoms with van der Waals surface area (Å²) in [6, 6.07) is 9.49. The van der Waals surface area contributed by atoms with Gasteiger partial charge >= 0.3 is 6.09 Å². The van der Waals surface area contributed by atoms with Gasteiger partial charge in [0.15, 0.2) is 5.75 Å². The molecule has 8 heteroatoms. The van der Waals surface area contributed by atoms with E-state index in [2.05, 4.69) is 20.8 Å². The predicted octanol–water partition coefficient (Wildman–Crippen LogP) is 2.25. The summed E-state index contributed by atoms with van der Waals surface area (Å²) in [5, 5.41) is 10.4. The Bertz CT molecular complexity index is 875. The van der Waals surface area contributed by atoms with Crippen LogP contribution >= 0.6 is 15.9 Å². The second kappa shape index (κ2) is 8.58. The molecular weight excluding hydrogens is 414 g/mol. The van der Waals surface area contributed by atoms with Crippen LogP contribution in [0.25, 0.3) is 0 Å². The van der Waals surface area contributed by atoms with Crippen molar-refractivity contribution in [3.8, 4) is 5.75 Å². The molecule has 1 fully saturated rings. The van der Waals surface area contributed by atoms with Gasteiger partial charge in [0.1, 0.15) is 0 Å². The monoisotopic (exact) mass is 435 g/mol. The number of halogens is 1. The number of hydrogen-bond donors (Lipinski definition) is 1. The Morgan fingerprint density at radius 2 is 1.93 bits per heavy atom. The average molecular weight is 436 g/mol. The van der Waals surface area contributed by atoms with E-state index in [0.717, 1.165) is 10.0 Å². The highest BCUT2D eigenvalue weighted by molar-refractivity contribution is 9.10. The summed E-state index contributed by atoms with van der Waals surface area (Å²) in [7, 11) is 1.37. The Labute approximate surface area is 165 Å². The normalized spacial score (nSPS) is 15.0. The number of carbonyl (C=O) groups excluding carboxylic acids is 1. The number of benzene rings is 1. The number of pyridine rings is 1. The van der Waals surface area contributed by atoms with Gasteiger partial charge in [0.2, 0.25) is 0 Å². The molecule has 1 aromatic carbocycles. The molecule has 0 unspecified atom stereocenters. The molecule has 2 aromatic rings. The Kier molecular flexibility index (Phi) is 6.18. The molecule has 1 N–H and O–H groups in total. The number of nitrogens with zero attached hydrogens (tertiary/aromatic N) is 3. The molecular formula is C19H22BrN3O4. The van der Waals surface area contributed by atoms with Crippen molar-refractivity contribution in [1.29, 1.82) is 0 Å². The zero-order chi connectivity index (χ0) is 19.4. The second-order valence-electron chi connectivity index (χ2n) is 6.49. The van der Waals surface area contributed by atoms with E-state index in [-0.39, 0.29) is 11.8 Å². The van der Waals surface area contributed by atoms with Crippen LogP contribution in [-0.2, 0) is 17.8 Å². The molecule has 7 nitrogen and oxygen atoms in total. The fraction of sp³-hybridized carbons (Fsp3) is 0.368. The lowest BCUT2D eigenvalue weighted by Crippen LogP contribution is -2.48. The number of aromatic nitrogens is 1. The largest absolute Gasteiger partial charge is 0.503 e. The van der Waals surface area contributed by atoms with Gasteiger partial charge in [-0.2, -0.15) is 0 Å². The van der Waals surface area contributed by atoms with Gasteiger partial charge in [0.25, 0.3) is 5.56 Å². The van der Waals surface area contributed by atoms with Crippen LogP contribution in [0.5, 0.6) is 5.75 Å². The molecule has 0 bridgehead atoms. The van der Waals surface area contributed by atoms with Crippen LogP contribution in [0.1, 0.15) is 11.1 Å². The van der Waals surface area contributed by atoms with Gasteiger partial charge in [-0.15, -0.1) is 0 Å². The highest BCUT2D eigenvalue weighted by atomic mass is 79.9. The van der Waals surface area contributed by atoms with Crippen molar-refractivity contribution in [1.82, 2.24) is 14.4 Å². The molecule has 1 saturated heterocycles. The molecule has 1 amide bonds. The number of rotatable bonds is 4. The molecule has 1 aliphatic heterocycles. The summed E-state index contributed by atoms with van der Waals surface area (Å²) in [4.78, 5) is 27.8. The van der Waals surface area contributed by atoms with Crippen molar-refractivity contribution < 1.29 is 14.6 Å². The number of aromatic hydroxyl groups is 1. The molecule has 1 aliphatic rings. The molecule has 0 radical (unpaired) electrons. The predicted molar refractivity (Wildman–Crippen MR) is 105 cm³/mol. The first kappa shape index (κ1) is 19.4. The molecule has 0 aliphatic carbocycles. The minimum absolute atomic E-state index is 0.220. The Hall–Kier alpha value is -2.32. The summed E-state index contributed by atoms with van der Waals surface area (Å²) in [6.07, 6.45) is 1.39. The van der Waals surface area contributed by atoms with Gasteiger partial charge in [-0.25, -0.2) is 4.79 Å². The van der Waals surface area contributed by atoms with E-state index < -0.39 is 5.56 Å². The van der Waals surface area contributed by atoms with Crippen molar-refractivity contribution in [2.75, 3.05) is 33.3 Å². The van der Waals surface area contributed by atoms with E-state index >= 15 is 0 Å². The van der Waals surface area contributed by atoms with Gasteiger partial charge in [-0.3, -0.25) is 9.69 Å². The van der Waals surface area contributed by atoms with E-state index in [1.165, 1.54) is 11.7 Å². The fourth-order valence-corrected chi connectivity index (χ4v) is 3.59. The van der Waals surface area contributed by atoms with Gasteiger partial charge in [0.05, 0.1) is 13.7 Å².